The second-order valence-corrected chi connectivity index (χ2v) is 4.11. The van der Waals surface area contributed by atoms with Gasteiger partial charge in [-0.15, -0.1) is 0 Å². The Morgan fingerprint density at radius 2 is 2.20 bits per heavy atom. The van der Waals surface area contributed by atoms with Crippen molar-refractivity contribution in [2.24, 2.45) is 0 Å². The molecule has 1 aliphatic rings. The third-order valence-electron chi connectivity index (χ3n) is 2.91. The molecule has 0 bridgehead atoms. The van der Waals surface area contributed by atoms with Crippen LogP contribution in [0.15, 0.2) is 6.07 Å². The van der Waals surface area contributed by atoms with Gasteiger partial charge in [0.2, 0.25) is 5.91 Å². The normalized spacial score (nSPS) is 14.2. The van der Waals surface area contributed by atoms with Gasteiger partial charge in [0.25, 0.3) is 0 Å². The van der Waals surface area contributed by atoms with Crippen molar-refractivity contribution in [3.05, 3.63) is 28.6 Å². The number of hydrogen-bond acceptors (Lipinski definition) is 2. The number of amides is 1. The fourth-order valence-corrected chi connectivity index (χ4v) is 2.11. The molecule has 0 N–H and O–H groups in total. The number of aromatic nitrogens is 1. The maximum Gasteiger partial charge on any atom is 0.222 e. The number of fused-ring (bicyclic) bond motifs is 1. The summed E-state index contributed by atoms with van der Waals surface area (Å²) in [5, 5.41) is 0. The SMILES string of the molecule is CCC(=O)N1Cc2nc(C)cc(C)c2C1. The van der Waals surface area contributed by atoms with Gasteiger partial charge in [-0.2, -0.15) is 0 Å². The van der Waals surface area contributed by atoms with E-state index in [2.05, 4.69) is 18.0 Å². The molecule has 0 atom stereocenters. The van der Waals surface area contributed by atoms with Gasteiger partial charge < -0.3 is 4.90 Å². The second-order valence-electron chi connectivity index (χ2n) is 4.11. The second kappa shape index (κ2) is 3.65. The topological polar surface area (TPSA) is 33.2 Å². The maximum atomic E-state index is 11.6. The quantitative estimate of drug-likeness (QED) is 0.700. The lowest BCUT2D eigenvalue weighted by molar-refractivity contribution is -0.131. The minimum absolute atomic E-state index is 0.213. The fraction of sp³-hybridized carbons (Fsp3) is 0.500. The predicted molar refractivity (Wildman–Crippen MR) is 58.3 cm³/mol. The molecule has 1 amide bonds. The molecule has 3 heteroatoms. The fourth-order valence-electron chi connectivity index (χ4n) is 2.11. The van der Waals surface area contributed by atoms with Crippen molar-refractivity contribution in [3.8, 4) is 0 Å². The number of aryl methyl sites for hydroxylation is 2. The van der Waals surface area contributed by atoms with Crippen LogP contribution in [-0.4, -0.2) is 15.8 Å². The van der Waals surface area contributed by atoms with Crippen LogP contribution in [0.1, 0.15) is 35.9 Å². The average molecular weight is 204 g/mol. The Morgan fingerprint density at radius 3 is 2.87 bits per heavy atom. The molecule has 0 fully saturated rings. The van der Waals surface area contributed by atoms with E-state index in [1.165, 1.54) is 11.1 Å². The van der Waals surface area contributed by atoms with Gasteiger partial charge in [0, 0.05) is 18.7 Å². The number of hydrogen-bond donors (Lipinski definition) is 0. The van der Waals surface area contributed by atoms with Crippen LogP contribution < -0.4 is 0 Å². The summed E-state index contributed by atoms with van der Waals surface area (Å²) in [7, 11) is 0. The highest BCUT2D eigenvalue weighted by molar-refractivity contribution is 5.76. The molecule has 0 saturated carbocycles. The predicted octanol–water partition coefficient (Wildman–Crippen LogP) is 1.95. The van der Waals surface area contributed by atoms with E-state index in [0.717, 1.165) is 17.9 Å². The third kappa shape index (κ3) is 1.74. The molecule has 2 heterocycles. The van der Waals surface area contributed by atoms with Crippen LogP contribution >= 0.6 is 0 Å². The molecule has 2 rings (SSSR count). The number of carbonyl (C=O) groups excluding carboxylic acids is 1. The number of rotatable bonds is 1. The zero-order valence-corrected chi connectivity index (χ0v) is 9.50. The van der Waals surface area contributed by atoms with Gasteiger partial charge in [0.1, 0.15) is 0 Å². The van der Waals surface area contributed by atoms with Gasteiger partial charge in [0.15, 0.2) is 0 Å². The molecular weight excluding hydrogens is 188 g/mol. The smallest absolute Gasteiger partial charge is 0.222 e. The summed E-state index contributed by atoms with van der Waals surface area (Å²) in [4.78, 5) is 17.9. The van der Waals surface area contributed by atoms with Gasteiger partial charge in [-0.3, -0.25) is 9.78 Å². The monoisotopic (exact) mass is 204 g/mol. The molecular formula is C12H16N2O. The highest BCUT2D eigenvalue weighted by Gasteiger charge is 2.24. The van der Waals surface area contributed by atoms with E-state index in [1.54, 1.807) is 0 Å². The molecule has 0 aliphatic carbocycles. The molecule has 80 valence electrons. The van der Waals surface area contributed by atoms with Gasteiger partial charge >= 0.3 is 0 Å². The highest BCUT2D eigenvalue weighted by atomic mass is 16.2. The number of pyridine rings is 1. The minimum atomic E-state index is 0.213. The highest BCUT2D eigenvalue weighted by Crippen LogP contribution is 2.25. The lowest BCUT2D eigenvalue weighted by Gasteiger charge is -2.13. The maximum absolute atomic E-state index is 11.6. The first-order valence-electron chi connectivity index (χ1n) is 5.35. The van der Waals surface area contributed by atoms with E-state index in [-0.39, 0.29) is 5.91 Å². The van der Waals surface area contributed by atoms with Crippen LogP contribution in [0.4, 0.5) is 0 Å². The molecule has 1 aromatic rings. The Hall–Kier alpha value is -1.38. The van der Waals surface area contributed by atoms with E-state index in [1.807, 2.05) is 18.7 Å². The molecule has 0 saturated heterocycles. The Labute approximate surface area is 90.1 Å². The summed E-state index contributed by atoms with van der Waals surface area (Å²) in [6, 6.07) is 2.08. The summed E-state index contributed by atoms with van der Waals surface area (Å²) >= 11 is 0. The Kier molecular flexibility index (Phi) is 2.47. The Balaban J connectivity index is 2.31. The standard InChI is InChI=1S/C12H16N2O/c1-4-12(15)14-6-10-8(2)5-9(3)13-11(10)7-14/h5H,4,6-7H2,1-3H3. The first kappa shape index (κ1) is 10.1. The molecule has 0 aromatic carbocycles. The average Bonchev–Trinajstić information content (AvgIpc) is 2.60. The molecule has 1 aromatic heterocycles. The first-order valence-corrected chi connectivity index (χ1v) is 5.35. The molecule has 3 nitrogen and oxygen atoms in total. The zero-order chi connectivity index (χ0) is 11.0. The summed E-state index contributed by atoms with van der Waals surface area (Å²) in [5.74, 6) is 0.213. The van der Waals surface area contributed by atoms with Crippen LogP contribution in [-0.2, 0) is 17.9 Å². The van der Waals surface area contributed by atoms with E-state index < -0.39 is 0 Å². The van der Waals surface area contributed by atoms with Crippen molar-refractivity contribution in [1.29, 1.82) is 0 Å². The molecule has 0 unspecified atom stereocenters. The lowest BCUT2D eigenvalue weighted by Crippen LogP contribution is -2.24. The zero-order valence-electron chi connectivity index (χ0n) is 9.50. The van der Waals surface area contributed by atoms with Crippen LogP contribution in [0.25, 0.3) is 0 Å². The molecule has 0 spiro atoms. The van der Waals surface area contributed by atoms with Crippen LogP contribution in [0, 0.1) is 13.8 Å². The van der Waals surface area contributed by atoms with E-state index in [9.17, 15) is 4.79 Å². The van der Waals surface area contributed by atoms with Gasteiger partial charge in [-0.25, -0.2) is 0 Å². The Bertz CT molecular complexity index is 412. The van der Waals surface area contributed by atoms with Gasteiger partial charge in [-0.1, -0.05) is 6.92 Å². The van der Waals surface area contributed by atoms with E-state index >= 15 is 0 Å². The first-order chi connectivity index (χ1) is 7.11. The summed E-state index contributed by atoms with van der Waals surface area (Å²) < 4.78 is 0. The summed E-state index contributed by atoms with van der Waals surface area (Å²) in [6.07, 6.45) is 0.575. The molecule has 15 heavy (non-hydrogen) atoms. The largest absolute Gasteiger partial charge is 0.332 e. The Morgan fingerprint density at radius 1 is 1.47 bits per heavy atom. The number of nitrogens with zero attached hydrogens (tertiary/aromatic N) is 2. The molecule has 0 radical (unpaired) electrons. The van der Waals surface area contributed by atoms with Crippen molar-refractivity contribution in [2.75, 3.05) is 0 Å². The number of carbonyl (C=O) groups is 1. The van der Waals surface area contributed by atoms with Crippen molar-refractivity contribution in [3.63, 3.8) is 0 Å². The van der Waals surface area contributed by atoms with Crippen LogP contribution in [0.2, 0.25) is 0 Å². The van der Waals surface area contributed by atoms with E-state index in [4.69, 9.17) is 0 Å². The van der Waals surface area contributed by atoms with Gasteiger partial charge in [0.05, 0.1) is 12.2 Å². The third-order valence-corrected chi connectivity index (χ3v) is 2.91. The summed E-state index contributed by atoms with van der Waals surface area (Å²) in [6.45, 7) is 7.41. The van der Waals surface area contributed by atoms with Crippen molar-refractivity contribution >= 4 is 5.91 Å². The van der Waals surface area contributed by atoms with Crippen molar-refractivity contribution < 1.29 is 4.79 Å². The van der Waals surface area contributed by atoms with E-state index in [0.29, 0.717) is 13.0 Å². The van der Waals surface area contributed by atoms with Crippen LogP contribution in [0.3, 0.4) is 0 Å². The van der Waals surface area contributed by atoms with Gasteiger partial charge in [-0.05, 0) is 31.0 Å². The van der Waals surface area contributed by atoms with Crippen molar-refractivity contribution in [1.82, 2.24) is 9.88 Å². The summed E-state index contributed by atoms with van der Waals surface area (Å²) in [5.41, 5.74) is 4.61. The minimum Gasteiger partial charge on any atom is -0.332 e. The van der Waals surface area contributed by atoms with Crippen molar-refractivity contribution in [2.45, 2.75) is 40.3 Å². The van der Waals surface area contributed by atoms with Crippen LogP contribution in [0.5, 0.6) is 0 Å². The molecule has 1 aliphatic heterocycles. The lowest BCUT2D eigenvalue weighted by atomic mass is 10.1.